The van der Waals surface area contributed by atoms with Gasteiger partial charge in [0.2, 0.25) is 0 Å². The van der Waals surface area contributed by atoms with E-state index in [0.717, 1.165) is 41.0 Å². The fraction of sp³-hybridized carbons (Fsp3) is 0.217. The molecule has 140 valence electrons. The Balaban J connectivity index is 1.53. The summed E-state index contributed by atoms with van der Waals surface area (Å²) in [6, 6.07) is 24.6. The smallest absolute Gasteiger partial charge is 0.124 e. The van der Waals surface area contributed by atoms with Crippen molar-refractivity contribution in [1.82, 2.24) is 5.32 Å². The van der Waals surface area contributed by atoms with E-state index in [2.05, 4.69) is 51.6 Å². The average molecular weight is 426 g/mol. The maximum atomic E-state index is 6.04. The quantitative estimate of drug-likeness (QED) is 0.467. The summed E-state index contributed by atoms with van der Waals surface area (Å²) in [4.78, 5) is 0. The zero-order valence-corrected chi connectivity index (χ0v) is 17.0. The molecule has 0 aromatic heterocycles. The van der Waals surface area contributed by atoms with Gasteiger partial charge in [0, 0.05) is 16.6 Å². The van der Waals surface area contributed by atoms with Crippen LogP contribution in [0.3, 0.4) is 0 Å². The molecule has 1 N–H and O–H groups in total. The maximum Gasteiger partial charge on any atom is 0.124 e. The third-order valence-electron chi connectivity index (χ3n) is 4.32. The minimum atomic E-state index is 0.571. The highest BCUT2D eigenvalue weighted by Crippen LogP contribution is 2.24. The van der Waals surface area contributed by atoms with Crippen molar-refractivity contribution >= 4 is 15.9 Å². The van der Waals surface area contributed by atoms with Crippen LogP contribution in [0.15, 0.2) is 77.3 Å². The van der Waals surface area contributed by atoms with Gasteiger partial charge in [-0.2, -0.15) is 0 Å². The van der Waals surface area contributed by atoms with E-state index in [0.29, 0.717) is 6.61 Å². The number of rotatable bonds is 9. The van der Waals surface area contributed by atoms with Crippen LogP contribution in [0, 0.1) is 0 Å². The lowest BCUT2D eigenvalue weighted by Gasteiger charge is -2.13. The molecule has 0 aliphatic rings. The summed E-state index contributed by atoms with van der Waals surface area (Å²) in [5.74, 6) is 1.81. The summed E-state index contributed by atoms with van der Waals surface area (Å²) in [6.45, 7) is 2.23. The summed E-state index contributed by atoms with van der Waals surface area (Å²) >= 11 is 3.56. The summed E-state index contributed by atoms with van der Waals surface area (Å²) in [5.41, 5.74) is 3.60. The van der Waals surface area contributed by atoms with E-state index in [1.807, 2.05) is 42.5 Å². The molecule has 3 nitrogen and oxygen atoms in total. The molecule has 0 heterocycles. The summed E-state index contributed by atoms with van der Waals surface area (Å²) < 4.78 is 12.3. The molecule has 4 heteroatoms. The van der Waals surface area contributed by atoms with Gasteiger partial charge in [-0.15, -0.1) is 0 Å². The molecule has 0 unspecified atom stereocenters. The van der Waals surface area contributed by atoms with Crippen molar-refractivity contribution in [3.05, 3.63) is 94.0 Å². The van der Waals surface area contributed by atoms with Crippen molar-refractivity contribution in [3.8, 4) is 11.5 Å². The average Bonchev–Trinajstić information content (AvgIpc) is 2.72. The SMILES string of the molecule is COc1ccc(CCNCc2cc(Br)ccc2OCc2ccccc2)cc1. The normalized spacial score (nSPS) is 10.6. The van der Waals surface area contributed by atoms with Gasteiger partial charge in [-0.1, -0.05) is 58.4 Å². The second-order valence-corrected chi connectivity index (χ2v) is 7.22. The predicted molar refractivity (Wildman–Crippen MR) is 113 cm³/mol. The van der Waals surface area contributed by atoms with Gasteiger partial charge in [-0.25, -0.2) is 0 Å². The predicted octanol–water partition coefficient (Wildman–Crippen LogP) is 5.37. The van der Waals surface area contributed by atoms with Crippen LogP contribution < -0.4 is 14.8 Å². The van der Waals surface area contributed by atoms with E-state index >= 15 is 0 Å². The first-order valence-corrected chi connectivity index (χ1v) is 9.83. The molecule has 0 bridgehead atoms. The molecule has 27 heavy (non-hydrogen) atoms. The number of hydrogen-bond donors (Lipinski definition) is 1. The Morgan fingerprint density at radius 2 is 1.67 bits per heavy atom. The molecule has 0 amide bonds. The summed E-state index contributed by atoms with van der Waals surface area (Å²) in [5, 5.41) is 3.51. The fourth-order valence-corrected chi connectivity index (χ4v) is 3.22. The highest BCUT2D eigenvalue weighted by atomic mass is 79.9. The van der Waals surface area contributed by atoms with Crippen LogP contribution in [0.5, 0.6) is 11.5 Å². The van der Waals surface area contributed by atoms with E-state index in [9.17, 15) is 0 Å². The molecule has 0 fully saturated rings. The standard InChI is InChI=1S/C23H24BrNO2/c1-26-22-10-7-18(8-11-22)13-14-25-16-20-15-21(24)9-12-23(20)27-17-19-5-3-2-4-6-19/h2-12,15,25H,13-14,16-17H2,1H3. The lowest BCUT2D eigenvalue weighted by Crippen LogP contribution is -2.17. The first-order valence-electron chi connectivity index (χ1n) is 9.03. The maximum absolute atomic E-state index is 6.04. The van der Waals surface area contributed by atoms with Crippen molar-refractivity contribution in [1.29, 1.82) is 0 Å². The largest absolute Gasteiger partial charge is 0.497 e. The Labute approximate surface area is 169 Å². The number of nitrogens with one attached hydrogen (secondary N) is 1. The van der Waals surface area contributed by atoms with Crippen LogP contribution in [0.4, 0.5) is 0 Å². The monoisotopic (exact) mass is 425 g/mol. The van der Waals surface area contributed by atoms with Gasteiger partial charge in [-0.05, 0) is 54.4 Å². The number of benzene rings is 3. The number of methoxy groups -OCH3 is 1. The molecule has 3 aromatic carbocycles. The van der Waals surface area contributed by atoms with Crippen molar-refractivity contribution in [2.75, 3.05) is 13.7 Å². The molecule has 0 saturated heterocycles. The van der Waals surface area contributed by atoms with Gasteiger partial charge >= 0.3 is 0 Å². The molecular formula is C23H24BrNO2. The van der Waals surface area contributed by atoms with Gasteiger partial charge in [0.15, 0.2) is 0 Å². The molecule has 0 atom stereocenters. The van der Waals surface area contributed by atoms with E-state index in [1.54, 1.807) is 7.11 Å². The number of ether oxygens (including phenoxy) is 2. The zero-order chi connectivity index (χ0) is 18.9. The van der Waals surface area contributed by atoms with Crippen molar-refractivity contribution in [2.24, 2.45) is 0 Å². The molecule has 0 aliphatic heterocycles. The Morgan fingerprint density at radius 3 is 2.41 bits per heavy atom. The van der Waals surface area contributed by atoms with Crippen molar-refractivity contribution < 1.29 is 9.47 Å². The highest BCUT2D eigenvalue weighted by Gasteiger charge is 2.05. The van der Waals surface area contributed by atoms with Crippen molar-refractivity contribution in [2.45, 2.75) is 19.6 Å². The highest BCUT2D eigenvalue weighted by molar-refractivity contribution is 9.10. The number of halogens is 1. The van der Waals surface area contributed by atoms with Crippen LogP contribution in [0.25, 0.3) is 0 Å². The van der Waals surface area contributed by atoms with Gasteiger partial charge in [0.1, 0.15) is 18.1 Å². The lowest BCUT2D eigenvalue weighted by atomic mass is 10.1. The van der Waals surface area contributed by atoms with Gasteiger partial charge in [-0.3, -0.25) is 0 Å². The van der Waals surface area contributed by atoms with Crippen LogP contribution in [0.2, 0.25) is 0 Å². The molecule has 3 aromatic rings. The molecular weight excluding hydrogens is 402 g/mol. The summed E-state index contributed by atoms with van der Waals surface area (Å²) in [7, 11) is 1.69. The minimum Gasteiger partial charge on any atom is -0.497 e. The third kappa shape index (κ3) is 6.12. The van der Waals surface area contributed by atoms with Gasteiger partial charge in [0.25, 0.3) is 0 Å². The van der Waals surface area contributed by atoms with Crippen molar-refractivity contribution in [3.63, 3.8) is 0 Å². The molecule has 0 aliphatic carbocycles. The second kappa shape index (κ2) is 10.1. The van der Waals surface area contributed by atoms with E-state index < -0.39 is 0 Å². The Morgan fingerprint density at radius 1 is 0.889 bits per heavy atom. The van der Waals surface area contributed by atoms with Crippen LogP contribution >= 0.6 is 15.9 Å². The van der Waals surface area contributed by atoms with Crippen LogP contribution in [-0.4, -0.2) is 13.7 Å². The Kier molecular flexibility index (Phi) is 7.31. The lowest BCUT2D eigenvalue weighted by molar-refractivity contribution is 0.302. The molecule has 0 spiro atoms. The summed E-state index contributed by atoms with van der Waals surface area (Å²) in [6.07, 6.45) is 0.970. The molecule has 0 saturated carbocycles. The topological polar surface area (TPSA) is 30.5 Å². The van der Waals surface area contributed by atoms with E-state index in [4.69, 9.17) is 9.47 Å². The third-order valence-corrected chi connectivity index (χ3v) is 4.82. The second-order valence-electron chi connectivity index (χ2n) is 6.30. The molecule has 3 rings (SSSR count). The molecule has 0 radical (unpaired) electrons. The van der Waals surface area contributed by atoms with Gasteiger partial charge in [0.05, 0.1) is 7.11 Å². The van der Waals surface area contributed by atoms with Crippen LogP contribution in [0.1, 0.15) is 16.7 Å². The first kappa shape index (κ1) is 19.5. The first-order chi connectivity index (χ1) is 13.2. The fourth-order valence-electron chi connectivity index (χ4n) is 2.81. The Bertz CT molecular complexity index is 835. The Hall–Kier alpha value is -2.30. The van der Waals surface area contributed by atoms with E-state index in [-0.39, 0.29) is 0 Å². The zero-order valence-electron chi connectivity index (χ0n) is 15.5. The number of hydrogen-bond acceptors (Lipinski definition) is 3. The van der Waals surface area contributed by atoms with Gasteiger partial charge < -0.3 is 14.8 Å². The van der Waals surface area contributed by atoms with Crippen LogP contribution in [-0.2, 0) is 19.6 Å². The minimum absolute atomic E-state index is 0.571. The van der Waals surface area contributed by atoms with E-state index in [1.165, 1.54) is 11.1 Å².